The van der Waals surface area contributed by atoms with Crippen molar-refractivity contribution in [3.05, 3.63) is 51.8 Å². The highest BCUT2D eigenvalue weighted by Crippen LogP contribution is 2.20. The van der Waals surface area contributed by atoms with Gasteiger partial charge in [-0.1, -0.05) is 29.8 Å². The van der Waals surface area contributed by atoms with Gasteiger partial charge in [0, 0.05) is 36.9 Å². The minimum atomic E-state index is 0.0758. The summed E-state index contributed by atoms with van der Waals surface area (Å²) in [6.45, 7) is 7.59. The number of halogens is 1. The van der Waals surface area contributed by atoms with E-state index < -0.39 is 0 Å². The number of hydrogen-bond acceptors (Lipinski definition) is 3. The van der Waals surface area contributed by atoms with E-state index in [1.165, 1.54) is 0 Å². The highest BCUT2D eigenvalue weighted by atomic mass is 35.5. The SMILES string of the molecule is Cc1nn(Cc2ccccc2Cl)c(C)c1C(=O)N1CCNCC1. The van der Waals surface area contributed by atoms with Crippen molar-refractivity contribution in [1.29, 1.82) is 0 Å². The fourth-order valence-corrected chi connectivity index (χ4v) is 3.17. The van der Waals surface area contributed by atoms with E-state index in [9.17, 15) is 4.79 Å². The molecule has 1 aliphatic heterocycles. The van der Waals surface area contributed by atoms with Gasteiger partial charge in [-0.05, 0) is 25.5 Å². The van der Waals surface area contributed by atoms with Gasteiger partial charge in [-0.2, -0.15) is 5.10 Å². The van der Waals surface area contributed by atoms with Gasteiger partial charge in [0.1, 0.15) is 0 Å². The molecule has 1 aromatic heterocycles. The number of piperazine rings is 1. The maximum atomic E-state index is 12.8. The maximum Gasteiger partial charge on any atom is 0.257 e. The Bertz CT molecular complexity index is 719. The first-order valence-electron chi connectivity index (χ1n) is 7.85. The van der Waals surface area contributed by atoms with Crippen LogP contribution in [0.5, 0.6) is 0 Å². The molecule has 0 unspecified atom stereocenters. The number of nitrogens with one attached hydrogen (secondary N) is 1. The molecule has 3 rings (SSSR count). The third-order valence-electron chi connectivity index (χ3n) is 4.28. The second-order valence-corrected chi connectivity index (χ2v) is 6.24. The van der Waals surface area contributed by atoms with Crippen molar-refractivity contribution in [2.75, 3.05) is 26.2 Å². The van der Waals surface area contributed by atoms with Gasteiger partial charge in [-0.15, -0.1) is 0 Å². The molecule has 1 aliphatic rings. The zero-order chi connectivity index (χ0) is 16.4. The Balaban J connectivity index is 1.87. The first kappa shape index (κ1) is 16.0. The molecule has 1 amide bonds. The summed E-state index contributed by atoms with van der Waals surface area (Å²) in [5, 5.41) is 8.54. The predicted octanol–water partition coefficient (Wildman–Crippen LogP) is 2.25. The molecule has 0 spiro atoms. The number of nitrogens with zero attached hydrogens (tertiary/aromatic N) is 3. The van der Waals surface area contributed by atoms with Gasteiger partial charge in [0.25, 0.3) is 5.91 Å². The van der Waals surface area contributed by atoms with Crippen LogP contribution in [0.2, 0.25) is 5.02 Å². The van der Waals surface area contributed by atoms with E-state index in [4.69, 9.17) is 11.6 Å². The third kappa shape index (κ3) is 3.26. The van der Waals surface area contributed by atoms with Crippen LogP contribution in [0.4, 0.5) is 0 Å². The van der Waals surface area contributed by atoms with E-state index >= 15 is 0 Å². The zero-order valence-electron chi connectivity index (χ0n) is 13.5. The van der Waals surface area contributed by atoms with Crippen LogP contribution < -0.4 is 5.32 Å². The van der Waals surface area contributed by atoms with Crippen LogP contribution in [0.25, 0.3) is 0 Å². The smallest absolute Gasteiger partial charge is 0.257 e. The van der Waals surface area contributed by atoms with Crippen molar-refractivity contribution in [1.82, 2.24) is 20.0 Å². The fourth-order valence-electron chi connectivity index (χ4n) is 2.97. The van der Waals surface area contributed by atoms with Crippen LogP contribution >= 0.6 is 11.6 Å². The monoisotopic (exact) mass is 332 g/mol. The molecule has 2 aromatic rings. The van der Waals surface area contributed by atoms with E-state index in [1.54, 1.807) is 0 Å². The maximum absolute atomic E-state index is 12.8. The minimum absolute atomic E-state index is 0.0758. The fraction of sp³-hybridized carbons (Fsp3) is 0.412. The van der Waals surface area contributed by atoms with E-state index in [0.29, 0.717) is 6.54 Å². The third-order valence-corrected chi connectivity index (χ3v) is 4.65. The average Bonchev–Trinajstić information content (AvgIpc) is 2.84. The van der Waals surface area contributed by atoms with E-state index in [1.807, 2.05) is 47.7 Å². The molecule has 6 heteroatoms. The lowest BCUT2D eigenvalue weighted by atomic mass is 10.1. The highest BCUT2D eigenvalue weighted by Gasteiger charge is 2.24. The Labute approximate surface area is 141 Å². The summed E-state index contributed by atoms with van der Waals surface area (Å²) in [4.78, 5) is 14.7. The van der Waals surface area contributed by atoms with Crippen molar-refractivity contribution < 1.29 is 4.79 Å². The molecule has 0 saturated carbocycles. The molecule has 0 aliphatic carbocycles. The highest BCUT2D eigenvalue weighted by molar-refractivity contribution is 6.31. The van der Waals surface area contributed by atoms with Crippen molar-refractivity contribution in [3.63, 3.8) is 0 Å². The number of carbonyl (C=O) groups excluding carboxylic acids is 1. The molecule has 1 aromatic carbocycles. The quantitative estimate of drug-likeness (QED) is 0.938. The molecule has 5 nitrogen and oxygen atoms in total. The number of aryl methyl sites for hydroxylation is 1. The Kier molecular flexibility index (Phi) is 4.68. The summed E-state index contributed by atoms with van der Waals surface area (Å²) >= 11 is 6.23. The molecule has 0 atom stereocenters. The van der Waals surface area contributed by atoms with Crippen LogP contribution in [0, 0.1) is 13.8 Å². The number of hydrogen-bond donors (Lipinski definition) is 1. The van der Waals surface area contributed by atoms with Crippen LogP contribution in [-0.2, 0) is 6.54 Å². The van der Waals surface area contributed by atoms with Gasteiger partial charge in [0.05, 0.1) is 17.8 Å². The predicted molar refractivity (Wildman–Crippen MR) is 91.0 cm³/mol. The molecular weight excluding hydrogens is 312 g/mol. The van der Waals surface area contributed by atoms with Gasteiger partial charge >= 0.3 is 0 Å². The zero-order valence-corrected chi connectivity index (χ0v) is 14.2. The largest absolute Gasteiger partial charge is 0.336 e. The van der Waals surface area contributed by atoms with Crippen molar-refractivity contribution in [2.45, 2.75) is 20.4 Å². The lowest BCUT2D eigenvalue weighted by molar-refractivity contribution is 0.0734. The summed E-state index contributed by atoms with van der Waals surface area (Å²) in [6, 6.07) is 7.72. The number of rotatable bonds is 3. The molecule has 0 bridgehead atoms. The standard InChI is InChI=1S/C17H21ClN4O/c1-12-16(17(23)21-9-7-19-8-10-21)13(2)22(20-12)11-14-5-3-4-6-15(14)18/h3-6,19H,7-11H2,1-2H3. The molecule has 122 valence electrons. The Morgan fingerprint density at radius 2 is 1.96 bits per heavy atom. The van der Waals surface area contributed by atoms with Crippen molar-refractivity contribution in [2.24, 2.45) is 0 Å². The van der Waals surface area contributed by atoms with Gasteiger partial charge < -0.3 is 10.2 Å². The van der Waals surface area contributed by atoms with Crippen molar-refractivity contribution >= 4 is 17.5 Å². The number of carbonyl (C=O) groups is 1. The summed E-state index contributed by atoms with van der Waals surface area (Å²) in [6.07, 6.45) is 0. The molecule has 0 radical (unpaired) electrons. The van der Waals surface area contributed by atoms with Crippen LogP contribution in [0.1, 0.15) is 27.3 Å². The second-order valence-electron chi connectivity index (χ2n) is 5.84. The second kappa shape index (κ2) is 6.72. The lowest BCUT2D eigenvalue weighted by Gasteiger charge is -2.27. The van der Waals surface area contributed by atoms with E-state index in [0.717, 1.165) is 53.7 Å². The van der Waals surface area contributed by atoms with Gasteiger partial charge in [0.2, 0.25) is 0 Å². The number of benzene rings is 1. The Hall–Kier alpha value is -1.85. The molecule has 2 heterocycles. The summed E-state index contributed by atoms with van der Waals surface area (Å²) in [5.41, 5.74) is 3.39. The molecule has 1 N–H and O–H groups in total. The van der Waals surface area contributed by atoms with Gasteiger partial charge in [0.15, 0.2) is 0 Å². The Morgan fingerprint density at radius 3 is 2.65 bits per heavy atom. The molecule has 1 saturated heterocycles. The van der Waals surface area contributed by atoms with Crippen LogP contribution in [-0.4, -0.2) is 46.8 Å². The first-order chi connectivity index (χ1) is 11.1. The molecule has 23 heavy (non-hydrogen) atoms. The average molecular weight is 333 g/mol. The lowest BCUT2D eigenvalue weighted by Crippen LogP contribution is -2.46. The normalized spacial score (nSPS) is 15.0. The minimum Gasteiger partial charge on any atom is -0.336 e. The van der Waals surface area contributed by atoms with Crippen molar-refractivity contribution in [3.8, 4) is 0 Å². The van der Waals surface area contributed by atoms with Gasteiger partial charge in [-0.3, -0.25) is 9.48 Å². The first-order valence-corrected chi connectivity index (χ1v) is 8.23. The van der Waals surface area contributed by atoms with Crippen LogP contribution in [0.15, 0.2) is 24.3 Å². The van der Waals surface area contributed by atoms with Gasteiger partial charge in [-0.25, -0.2) is 0 Å². The molecule has 1 fully saturated rings. The van der Waals surface area contributed by atoms with E-state index in [-0.39, 0.29) is 5.91 Å². The Morgan fingerprint density at radius 1 is 1.26 bits per heavy atom. The number of amides is 1. The summed E-state index contributed by atoms with van der Waals surface area (Å²) in [5.74, 6) is 0.0758. The van der Waals surface area contributed by atoms with Crippen LogP contribution in [0.3, 0.4) is 0 Å². The number of aromatic nitrogens is 2. The van der Waals surface area contributed by atoms with E-state index in [2.05, 4.69) is 10.4 Å². The summed E-state index contributed by atoms with van der Waals surface area (Å²) in [7, 11) is 0. The molecular formula is C17H21ClN4O. The topological polar surface area (TPSA) is 50.2 Å². The summed E-state index contributed by atoms with van der Waals surface area (Å²) < 4.78 is 1.87.